The summed E-state index contributed by atoms with van der Waals surface area (Å²) < 4.78 is 5.48. The van der Waals surface area contributed by atoms with Crippen molar-refractivity contribution in [2.75, 3.05) is 68.1 Å². The molecule has 6 nitrogen and oxygen atoms in total. The summed E-state index contributed by atoms with van der Waals surface area (Å²) in [6, 6.07) is 13.9. The topological polar surface area (TPSA) is 79.8 Å². The number of piperazine rings is 1. The third-order valence-electron chi connectivity index (χ3n) is 4.87. The summed E-state index contributed by atoms with van der Waals surface area (Å²) in [7, 11) is 1.73. The molecule has 1 heterocycles. The van der Waals surface area contributed by atoms with Crippen LogP contribution in [0.2, 0.25) is 0 Å². The van der Waals surface area contributed by atoms with E-state index in [4.69, 9.17) is 16.2 Å². The van der Waals surface area contributed by atoms with Crippen molar-refractivity contribution in [3.8, 4) is 5.75 Å². The molecule has 0 unspecified atom stereocenters. The van der Waals surface area contributed by atoms with Crippen LogP contribution in [-0.2, 0) is 0 Å². The van der Waals surface area contributed by atoms with Gasteiger partial charge in [-0.2, -0.15) is 0 Å². The smallest absolute Gasteiger partial charge is 0.142 e. The van der Waals surface area contributed by atoms with E-state index in [0.29, 0.717) is 11.4 Å². The molecule has 6 heteroatoms. The lowest BCUT2D eigenvalue weighted by atomic mass is 10.2. The predicted octanol–water partition coefficient (Wildman–Crippen LogP) is 2.48. The van der Waals surface area contributed by atoms with Crippen LogP contribution in [0, 0.1) is 0 Å². The van der Waals surface area contributed by atoms with Gasteiger partial charge >= 0.3 is 0 Å². The number of ether oxygens (including phenoxy) is 1. The average molecular weight is 355 g/mol. The van der Waals surface area contributed by atoms with Gasteiger partial charge in [-0.25, -0.2) is 0 Å². The maximum Gasteiger partial charge on any atom is 0.142 e. The molecule has 1 aliphatic heterocycles. The molecule has 5 N–H and O–H groups in total. The molecule has 1 fully saturated rings. The van der Waals surface area contributed by atoms with Crippen molar-refractivity contribution in [1.29, 1.82) is 0 Å². The molecule has 2 aromatic rings. The number of para-hydroxylation sites is 2. The zero-order valence-corrected chi connectivity index (χ0v) is 15.4. The minimum Gasteiger partial charge on any atom is -0.495 e. The molecular weight excluding hydrogens is 326 g/mol. The number of benzene rings is 2. The van der Waals surface area contributed by atoms with Crippen molar-refractivity contribution in [3.05, 3.63) is 42.5 Å². The molecule has 0 atom stereocenters. The van der Waals surface area contributed by atoms with Gasteiger partial charge in [-0.15, -0.1) is 0 Å². The number of nitrogens with one attached hydrogen (secondary N) is 1. The summed E-state index contributed by atoms with van der Waals surface area (Å²) in [5, 5.41) is 3.41. The molecule has 0 radical (unpaired) electrons. The molecule has 0 saturated carbocycles. The van der Waals surface area contributed by atoms with E-state index in [2.05, 4.69) is 27.2 Å². The Balaban J connectivity index is 1.39. The highest BCUT2D eigenvalue weighted by molar-refractivity contribution is 5.69. The monoisotopic (exact) mass is 355 g/mol. The van der Waals surface area contributed by atoms with Crippen molar-refractivity contribution in [2.45, 2.75) is 6.42 Å². The van der Waals surface area contributed by atoms with Gasteiger partial charge in [0.2, 0.25) is 0 Å². The summed E-state index contributed by atoms with van der Waals surface area (Å²) in [6.45, 7) is 6.23. The first-order chi connectivity index (χ1) is 12.7. The van der Waals surface area contributed by atoms with Gasteiger partial charge < -0.3 is 26.4 Å². The van der Waals surface area contributed by atoms with Crippen LogP contribution >= 0.6 is 0 Å². The van der Waals surface area contributed by atoms with Gasteiger partial charge in [-0.1, -0.05) is 12.1 Å². The van der Waals surface area contributed by atoms with Crippen LogP contribution in [0.4, 0.5) is 22.7 Å². The van der Waals surface area contributed by atoms with E-state index in [1.54, 1.807) is 7.11 Å². The lowest BCUT2D eigenvalue weighted by Gasteiger charge is -2.36. The first kappa shape index (κ1) is 18.2. The van der Waals surface area contributed by atoms with Gasteiger partial charge in [-0.05, 0) is 43.3 Å². The Kier molecular flexibility index (Phi) is 6.07. The third kappa shape index (κ3) is 4.52. The van der Waals surface area contributed by atoms with E-state index in [1.165, 1.54) is 5.69 Å². The second-order valence-electron chi connectivity index (χ2n) is 6.62. The molecule has 26 heavy (non-hydrogen) atoms. The van der Waals surface area contributed by atoms with E-state index >= 15 is 0 Å². The summed E-state index contributed by atoms with van der Waals surface area (Å²) in [4.78, 5) is 4.93. The molecule has 1 aliphatic rings. The van der Waals surface area contributed by atoms with Crippen LogP contribution < -0.4 is 26.4 Å². The largest absolute Gasteiger partial charge is 0.495 e. The Morgan fingerprint density at radius 1 is 1.00 bits per heavy atom. The van der Waals surface area contributed by atoms with Crippen LogP contribution in [0.3, 0.4) is 0 Å². The highest BCUT2D eigenvalue weighted by Crippen LogP contribution is 2.28. The van der Waals surface area contributed by atoms with Crippen molar-refractivity contribution in [2.24, 2.45) is 0 Å². The van der Waals surface area contributed by atoms with Crippen molar-refractivity contribution in [3.63, 3.8) is 0 Å². The lowest BCUT2D eigenvalue weighted by molar-refractivity contribution is 0.256. The number of rotatable bonds is 7. The molecule has 0 aliphatic carbocycles. The van der Waals surface area contributed by atoms with Crippen LogP contribution in [0.1, 0.15) is 6.42 Å². The Morgan fingerprint density at radius 2 is 1.77 bits per heavy atom. The number of hydrogen-bond donors (Lipinski definition) is 3. The highest BCUT2D eigenvalue weighted by atomic mass is 16.5. The van der Waals surface area contributed by atoms with Gasteiger partial charge in [0.1, 0.15) is 5.75 Å². The summed E-state index contributed by atoms with van der Waals surface area (Å²) in [5.41, 5.74) is 15.1. The van der Waals surface area contributed by atoms with Gasteiger partial charge in [0.25, 0.3) is 0 Å². The van der Waals surface area contributed by atoms with Gasteiger partial charge in [0.15, 0.2) is 0 Å². The average Bonchev–Trinajstić information content (AvgIpc) is 2.68. The second-order valence-corrected chi connectivity index (χ2v) is 6.62. The third-order valence-corrected chi connectivity index (χ3v) is 4.87. The second kappa shape index (κ2) is 8.67. The molecule has 0 aromatic heterocycles. The fraction of sp³-hybridized carbons (Fsp3) is 0.400. The summed E-state index contributed by atoms with van der Waals surface area (Å²) in [6.07, 6.45) is 1.10. The Labute approximate surface area is 155 Å². The van der Waals surface area contributed by atoms with E-state index in [0.717, 1.165) is 57.1 Å². The lowest BCUT2D eigenvalue weighted by Crippen LogP contribution is -2.46. The van der Waals surface area contributed by atoms with Gasteiger partial charge in [0, 0.05) is 38.4 Å². The molecule has 2 aromatic carbocycles. The van der Waals surface area contributed by atoms with E-state index in [9.17, 15) is 0 Å². The van der Waals surface area contributed by atoms with E-state index in [-0.39, 0.29) is 0 Å². The Morgan fingerprint density at radius 3 is 2.50 bits per heavy atom. The van der Waals surface area contributed by atoms with Crippen molar-refractivity contribution in [1.82, 2.24) is 4.90 Å². The number of nitrogen functional groups attached to an aromatic ring is 2. The number of anilines is 4. The highest BCUT2D eigenvalue weighted by Gasteiger charge is 2.18. The van der Waals surface area contributed by atoms with Crippen LogP contribution in [0.15, 0.2) is 42.5 Å². The standard InChI is InChI=1S/C20H29N5O/c1-26-20-6-3-2-5-19(20)25-13-11-24(12-14-25)10-4-9-23-16-7-8-17(21)18(22)15-16/h2-3,5-8,15,23H,4,9-14,21-22H2,1H3. The number of methoxy groups -OCH3 is 1. The van der Waals surface area contributed by atoms with Crippen LogP contribution in [0.5, 0.6) is 5.75 Å². The Bertz CT molecular complexity index is 713. The summed E-state index contributed by atoms with van der Waals surface area (Å²) >= 11 is 0. The predicted molar refractivity (Wildman–Crippen MR) is 110 cm³/mol. The number of hydrogen-bond acceptors (Lipinski definition) is 6. The van der Waals surface area contributed by atoms with E-state index < -0.39 is 0 Å². The molecule has 140 valence electrons. The zero-order chi connectivity index (χ0) is 18.4. The molecule has 3 rings (SSSR count). The molecule has 0 amide bonds. The number of nitrogens with two attached hydrogens (primary N) is 2. The van der Waals surface area contributed by atoms with Gasteiger partial charge in [-0.3, -0.25) is 4.90 Å². The normalized spacial score (nSPS) is 15.0. The zero-order valence-electron chi connectivity index (χ0n) is 15.4. The van der Waals surface area contributed by atoms with Crippen molar-refractivity contribution >= 4 is 22.7 Å². The first-order valence-electron chi connectivity index (χ1n) is 9.16. The molecule has 0 spiro atoms. The van der Waals surface area contributed by atoms with E-state index in [1.807, 2.05) is 30.3 Å². The minimum absolute atomic E-state index is 0.627. The SMILES string of the molecule is COc1ccccc1N1CCN(CCCNc2ccc(N)c(N)c2)CC1. The summed E-state index contributed by atoms with van der Waals surface area (Å²) in [5.74, 6) is 0.952. The fourth-order valence-electron chi connectivity index (χ4n) is 3.32. The molecule has 0 bridgehead atoms. The maximum absolute atomic E-state index is 5.84. The fourth-order valence-corrected chi connectivity index (χ4v) is 3.32. The van der Waals surface area contributed by atoms with Gasteiger partial charge in [0.05, 0.1) is 24.2 Å². The molecular formula is C20H29N5O. The minimum atomic E-state index is 0.627. The number of nitrogens with zero attached hydrogens (tertiary/aromatic N) is 2. The first-order valence-corrected chi connectivity index (χ1v) is 9.16. The van der Waals surface area contributed by atoms with Crippen LogP contribution in [0.25, 0.3) is 0 Å². The quantitative estimate of drug-likeness (QED) is 0.523. The Hall–Kier alpha value is -2.60. The van der Waals surface area contributed by atoms with Crippen molar-refractivity contribution < 1.29 is 4.74 Å². The molecule has 1 saturated heterocycles. The van der Waals surface area contributed by atoms with Crippen LogP contribution in [-0.4, -0.2) is 51.3 Å². The maximum atomic E-state index is 5.84.